The molecule has 0 spiro atoms. The molecule has 3 N–H and O–H groups in total. The number of nitrogens with two attached hydrogens (primary N) is 1. The summed E-state index contributed by atoms with van der Waals surface area (Å²) in [4.78, 5) is 26.2. The SMILES string of the molecule is CCOC(=O)c1c(-c2cccs2)csc1NC(=O)CSc1nnc(-c2ccc(C)cc2)n1N. The zero-order chi connectivity index (χ0) is 23.4. The average molecular weight is 500 g/mol. The summed E-state index contributed by atoms with van der Waals surface area (Å²) in [6, 6.07) is 11.6. The number of ether oxygens (including phenoxy) is 1. The lowest BCUT2D eigenvalue weighted by Gasteiger charge is -2.08. The summed E-state index contributed by atoms with van der Waals surface area (Å²) in [5.74, 6) is 5.97. The van der Waals surface area contributed by atoms with Gasteiger partial charge in [0.15, 0.2) is 5.82 Å². The molecule has 0 saturated carbocycles. The molecule has 0 radical (unpaired) electrons. The van der Waals surface area contributed by atoms with E-state index in [4.69, 9.17) is 10.6 Å². The highest BCUT2D eigenvalue weighted by Crippen LogP contribution is 2.38. The number of thioether (sulfide) groups is 1. The number of aryl methyl sites for hydroxylation is 1. The van der Waals surface area contributed by atoms with Crippen LogP contribution in [-0.2, 0) is 9.53 Å². The minimum atomic E-state index is -0.463. The number of carbonyl (C=O) groups excluding carboxylic acids is 2. The van der Waals surface area contributed by atoms with Crippen molar-refractivity contribution in [2.45, 2.75) is 19.0 Å². The maximum absolute atomic E-state index is 12.7. The second-order valence-corrected chi connectivity index (χ2v) is 9.70. The van der Waals surface area contributed by atoms with Gasteiger partial charge in [-0.25, -0.2) is 9.47 Å². The molecule has 0 saturated heterocycles. The highest BCUT2D eigenvalue weighted by atomic mass is 32.2. The highest BCUT2D eigenvalue weighted by molar-refractivity contribution is 7.99. The predicted molar refractivity (Wildman–Crippen MR) is 133 cm³/mol. The molecule has 1 amide bonds. The Bertz CT molecular complexity index is 1260. The van der Waals surface area contributed by atoms with Gasteiger partial charge in [-0.1, -0.05) is 47.7 Å². The third-order valence-electron chi connectivity index (χ3n) is 4.62. The molecule has 3 aromatic heterocycles. The Morgan fingerprint density at radius 2 is 1.97 bits per heavy atom. The van der Waals surface area contributed by atoms with Crippen molar-refractivity contribution in [2.24, 2.45) is 0 Å². The van der Waals surface area contributed by atoms with Crippen molar-refractivity contribution in [3.8, 4) is 21.8 Å². The lowest BCUT2D eigenvalue weighted by atomic mass is 10.1. The molecule has 0 aliphatic rings. The molecular formula is C22H21N5O3S3. The van der Waals surface area contributed by atoms with E-state index < -0.39 is 5.97 Å². The van der Waals surface area contributed by atoms with Crippen molar-refractivity contribution >= 4 is 51.3 Å². The standard InChI is InChI=1S/C22H21N5O3S3/c1-3-30-21(29)18-15(16-5-4-10-31-16)11-32-20(18)24-17(28)12-33-22-26-25-19(27(22)23)14-8-6-13(2)7-9-14/h4-11H,3,12,23H2,1-2H3,(H,24,28). The lowest BCUT2D eigenvalue weighted by Crippen LogP contribution is -2.17. The van der Waals surface area contributed by atoms with Gasteiger partial charge >= 0.3 is 5.97 Å². The molecule has 33 heavy (non-hydrogen) atoms. The maximum Gasteiger partial charge on any atom is 0.341 e. The van der Waals surface area contributed by atoms with E-state index in [1.807, 2.05) is 54.1 Å². The molecule has 0 aliphatic heterocycles. The number of rotatable bonds is 8. The monoisotopic (exact) mass is 499 g/mol. The van der Waals surface area contributed by atoms with Gasteiger partial charge in [-0.2, -0.15) is 0 Å². The number of benzene rings is 1. The quantitative estimate of drug-likeness (QED) is 0.206. The number of anilines is 1. The van der Waals surface area contributed by atoms with Gasteiger partial charge in [0.2, 0.25) is 11.1 Å². The van der Waals surface area contributed by atoms with Gasteiger partial charge in [-0.05, 0) is 25.3 Å². The van der Waals surface area contributed by atoms with Crippen LogP contribution in [0.25, 0.3) is 21.8 Å². The Morgan fingerprint density at radius 3 is 2.67 bits per heavy atom. The molecule has 3 heterocycles. The number of aromatic nitrogens is 3. The summed E-state index contributed by atoms with van der Waals surface area (Å²) in [5, 5.41) is 15.7. The van der Waals surface area contributed by atoms with Crippen molar-refractivity contribution in [3.05, 3.63) is 58.3 Å². The normalized spacial score (nSPS) is 10.8. The van der Waals surface area contributed by atoms with Crippen LogP contribution in [-0.4, -0.2) is 39.1 Å². The van der Waals surface area contributed by atoms with E-state index in [0.29, 0.717) is 21.5 Å². The van der Waals surface area contributed by atoms with Gasteiger partial charge in [0, 0.05) is 21.4 Å². The number of hydrogen-bond acceptors (Lipinski definition) is 9. The Hall–Kier alpha value is -3.15. The van der Waals surface area contributed by atoms with Crippen LogP contribution >= 0.6 is 34.4 Å². The van der Waals surface area contributed by atoms with Gasteiger partial charge in [0.1, 0.15) is 10.6 Å². The van der Waals surface area contributed by atoms with Crippen LogP contribution < -0.4 is 11.2 Å². The number of nitrogens with one attached hydrogen (secondary N) is 1. The summed E-state index contributed by atoms with van der Waals surface area (Å²) in [6.07, 6.45) is 0. The Balaban J connectivity index is 1.47. The number of esters is 1. The number of nitrogens with zero attached hydrogens (tertiary/aromatic N) is 3. The van der Waals surface area contributed by atoms with Crippen LogP contribution in [0.4, 0.5) is 5.00 Å². The van der Waals surface area contributed by atoms with Gasteiger partial charge < -0.3 is 15.9 Å². The zero-order valence-electron chi connectivity index (χ0n) is 17.9. The van der Waals surface area contributed by atoms with Crippen LogP contribution in [0.5, 0.6) is 0 Å². The first-order chi connectivity index (χ1) is 16.0. The molecule has 0 bridgehead atoms. The summed E-state index contributed by atoms with van der Waals surface area (Å²) in [7, 11) is 0. The largest absolute Gasteiger partial charge is 0.462 e. The van der Waals surface area contributed by atoms with Gasteiger partial charge in [0.25, 0.3) is 0 Å². The molecule has 0 fully saturated rings. The van der Waals surface area contributed by atoms with Gasteiger partial charge in [-0.15, -0.1) is 32.9 Å². The van der Waals surface area contributed by atoms with Crippen LogP contribution in [0, 0.1) is 6.92 Å². The molecule has 11 heteroatoms. The van der Waals surface area contributed by atoms with Crippen LogP contribution in [0.1, 0.15) is 22.8 Å². The summed E-state index contributed by atoms with van der Waals surface area (Å²) in [6.45, 7) is 4.00. The Labute approximate surface area is 202 Å². The summed E-state index contributed by atoms with van der Waals surface area (Å²) in [5.41, 5.74) is 3.09. The van der Waals surface area contributed by atoms with E-state index >= 15 is 0 Å². The molecule has 4 rings (SSSR count). The lowest BCUT2D eigenvalue weighted by molar-refractivity contribution is -0.113. The molecule has 170 valence electrons. The third kappa shape index (κ3) is 5.10. The summed E-state index contributed by atoms with van der Waals surface area (Å²) < 4.78 is 6.59. The van der Waals surface area contributed by atoms with Crippen molar-refractivity contribution in [1.82, 2.24) is 14.9 Å². The molecule has 1 aromatic carbocycles. The summed E-state index contributed by atoms with van der Waals surface area (Å²) >= 11 is 3.97. The highest BCUT2D eigenvalue weighted by Gasteiger charge is 2.23. The number of nitrogen functional groups attached to an aromatic ring is 1. The average Bonchev–Trinajstić information content (AvgIpc) is 3.53. The van der Waals surface area contributed by atoms with E-state index in [9.17, 15) is 9.59 Å². The van der Waals surface area contributed by atoms with Crippen molar-refractivity contribution in [1.29, 1.82) is 0 Å². The molecule has 0 aliphatic carbocycles. The Kier molecular flexibility index (Phi) is 7.11. The zero-order valence-corrected chi connectivity index (χ0v) is 20.4. The first kappa shape index (κ1) is 23.0. The van der Waals surface area contributed by atoms with Crippen LogP contribution in [0.2, 0.25) is 0 Å². The van der Waals surface area contributed by atoms with Crippen molar-refractivity contribution in [2.75, 3.05) is 23.5 Å². The van der Waals surface area contributed by atoms with Crippen LogP contribution in [0.3, 0.4) is 0 Å². The van der Waals surface area contributed by atoms with E-state index in [1.54, 1.807) is 6.92 Å². The maximum atomic E-state index is 12.7. The first-order valence-electron chi connectivity index (χ1n) is 10.0. The fourth-order valence-corrected chi connectivity index (χ4v) is 5.48. The van der Waals surface area contributed by atoms with E-state index in [1.165, 1.54) is 27.3 Å². The second kappa shape index (κ2) is 10.2. The number of hydrogen-bond donors (Lipinski definition) is 2. The molecule has 0 atom stereocenters. The minimum Gasteiger partial charge on any atom is -0.462 e. The molecule has 0 unspecified atom stereocenters. The van der Waals surface area contributed by atoms with E-state index in [0.717, 1.165) is 33.3 Å². The third-order valence-corrected chi connectivity index (χ3v) is 7.36. The predicted octanol–water partition coefficient (Wildman–Crippen LogP) is 4.66. The first-order valence-corrected chi connectivity index (χ1v) is 12.7. The topological polar surface area (TPSA) is 112 Å². The molecule has 4 aromatic rings. The second-order valence-electron chi connectivity index (χ2n) is 6.93. The molecular weight excluding hydrogens is 478 g/mol. The number of amides is 1. The van der Waals surface area contributed by atoms with E-state index in [-0.39, 0.29) is 18.3 Å². The van der Waals surface area contributed by atoms with Crippen LogP contribution in [0.15, 0.2) is 52.3 Å². The van der Waals surface area contributed by atoms with E-state index in [2.05, 4.69) is 15.5 Å². The molecule has 8 nitrogen and oxygen atoms in total. The smallest absolute Gasteiger partial charge is 0.341 e. The minimum absolute atomic E-state index is 0.0533. The van der Waals surface area contributed by atoms with Gasteiger partial charge in [0.05, 0.1) is 12.4 Å². The fourth-order valence-electron chi connectivity index (χ4n) is 3.04. The Morgan fingerprint density at radius 1 is 1.18 bits per heavy atom. The number of thiophene rings is 2. The number of carbonyl (C=O) groups is 2. The van der Waals surface area contributed by atoms with Gasteiger partial charge in [-0.3, -0.25) is 4.79 Å². The fraction of sp³-hybridized carbons (Fsp3) is 0.182. The van der Waals surface area contributed by atoms with Crippen molar-refractivity contribution in [3.63, 3.8) is 0 Å². The van der Waals surface area contributed by atoms with Crippen molar-refractivity contribution < 1.29 is 14.3 Å².